The van der Waals surface area contributed by atoms with Crippen molar-refractivity contribution in [3.63, 3.8) is 0 Å². The van der Waals surface area contributed by atoms with Crippen LogP contribution in [0.15, 0.2) is 35.3 Å². The fourth-order valence-corrected chi connectivity index (χ4v) is 1.83. The average molecular weight is 258 g/mol. The van der Waals surface area contributed by atoms with Crippen molar-refractivity contribution in [1.82, 2.24) is 9.78 Å². The Bertz CT molecular complexity index is 689. The first kappa shape index (κ1) is 13.0. The van der Waals surface area contributed by atoms with Crippen LogP contribution in [0.3, 0.4) is 0 Å². The first-order valence-corrected chi connectivity index (χ1v) is 5.96. The quantitative estimate of drug-likeness (QED) is 0.911. The predicted molar refractivity (Wildman–Crippen MR) is 70.9 cm³/mol. The number of benzene rings is 1. The number of aromatic nitrogens is 2. The number of carboxylic acid groups (broad SMARTS) is 1. The van der Waals surface area contributed by atoms with E-state index in [2.05, 4.69) is 5.10 Å². The summed E-state index contributed by atoms with van der Waals surface area (Å²) < 4.78 is 1.44. The molecule has 1 N–H and O–H groups in total. The lowest BCUT2D eigenvalue weighted by Gasteiger charge is -2.09. The van der Waals surface area contributed by atoms with Crippen LogP contribution in [0, 0.1) is 6.92 Å². The summed E-state index contributed by atoms with van der Waals surface area (Å²) in [6, 6.07) is 7.49. The van der Waals surface area contributed by atoms with Crippen molar-refractivity contribution in [3.05, 3.63) is 57.5 Å². The normalized spacial score (nSPS) is 10.4. The van der Waals surface area contributed by atoms with Crippen LogP contribution < -0.4 is 5.43 Å². The Hall–Kier alpha value is -2.43. The highest BCUT2D eigenvalue weighted by Gasteiger charge is 2.15. The molecule has 0 bridgehead atoms. The molecule has 0 aliphatic carbocycles. The summed E-state index contributed by atoms with van der Waals surface area (Å²) in [6.07, 6.45) is 2.05. The fourth-order valence-electron chi connectivity index (χ4n) is 1.83. The summed E-state index contributed by atoms with van der Waals surface area (Å²) in [5.41, 5.74) is 1.25. The number of aromatic carboxylic acids is 1. The second-order valence-corrected chi connectivity index (χ2v) is 4.27. The molecule has 1 heterocycles. The third kappa shape index (κ3) is 2.54. The molecule has 98 valence electrons. The first-order valence-electron chi connectivity index (χ1n) is 5.96. The monoisotopic (exact) mass is 258 g/mol. The van der Waals surface area contributed by atoms with E-state index < -0.39 is 17.1 Å². The molecule has 1 aromatic heterocycles. The summed E-state index contributed by atoms with van der Waals surface area (Å²) in [6.45, 7) is 3.74. The molecular formula is C14H14N2O3. The van der Waals surface area contributed by atoms with Gasteiger partial charge in [-0.1, -0.05) is 19.1 Å². The molecule has 0 unspecified atom stereocenters. The lowest BCUT2D eigenvalue weighted by Crippen LogP contribution is -2.24. The lowest BCUT2D eigenvalue weighted by molar-refractivity contribution is 0.0686. The van der Waals surface area contributed by atoms with Gasteiger partial charge in [0.15, 0.2) is 0 Å². The van der Waals surface area contributed by atoms with Crippen LogP contribution in [0.25, 0.3) is 5.69 Å². The summed E-state index contributed by atoms with van der Waals surface area (Å²) in [5, 5.41) is 12.9. The number of carbonyl (C=O) groups is 1. The van der Waals surface area contributed by atoms with Gasteiger partial charge < -0.3 is 5.11 Å². The van der Waals surface area contributed by atoms with Gasteiger partial charge in [-0.25, -0.2) is 9.48 Å². The van der Waals surface area contributed by atoms with E-state index in [0.717, 1.165) is 11.3 Å². The zero-order chi connectivity index (χ0) is 14.0. The lowest BCUT2D eigenvalue weighted by atomic mass is 10.2. The van der Waals surface area contributed by atoms with Crippen LogP contribution in [0.5, 0.6) is 0 Å². The molecule has 0 radical (unpaired) electrons. The van der Waals surface area contributed by atoms with Crippen LogP contribution in [-0.4, -0.2) is 20.9 Å². The van der Waals surface area contributed by atoms with Crippen molar-refractivity contribution in [2.24, 2.45) is 0 Å². The van der Waals surface area contributed by atoms with Crippen LogP contribution in [-0.2, 0) is 6.42 Å². The minimum Gasteiger partial charge on any atom is -0.476 e. The third-order valence-electron chi connectivity index (χ3n) is 2.84. The summed E-state index contributed by atoms with van der Waals surface area (Å²) in [5.74, 6) is -1.30. The minimum absolute atomic E-state index is 0.439. The number of nitrogens with zero attached hydrogens (tertiary/aromatic N) is 2. The van der Waals surface area contributed by atoms with Gasteiger partial charge in [-0.15, -0.1) is 0 Å². The first-order chi connectivity index (χ1) is 9.02. The molecule has 0 fully saturated rings. The van der Waals surface area contributed by atoms with Crippen LogP contribution >= 0.6 is 0 Å². The second kappa shape index (κ2) is 5.06. The van der Waals surface area contributed by atoms with Gasteiger partial charge in [0.25, 0.3) is 0 Å². The van der Waals surface area contributed by atoms with Gasteiger partial charge in [0.05, 0.1) is 5.69 Å². The standard InChI is InChI=1S/C14H14N2O3/c1-3-10-8-16(11-6-4-5-9(2)7-11)15-12(13(10)17)14(18)19/h4-8H,3H2,1-2H3,(H,18,19). The van der Waals surface area contributed by atoms with Crippen LogP contribution in [0.1, 0.15) is 28.5 Å². The van der Waals surface area contributed by atoms with E-state index in [4.69, 9.17) is 5.11 Å². The highest BCUT2D eigenvalue weighted by molar-refractivity contribution is 5.85. The van der Waals surface area contributed by atoms with Crippen LogP contribution in [0.2, 0.25) is 0 Å². The zero-order valence-electron chi connectivity index (χ0n) is 10.8. The van der Waals surface area contributed by atoms with Gasteiger partial charge in [0.1, 0.15) is 0 Å². The molecule has 1 aromatic carbocycles. The maximum atomic E-state index is 11.8. The van der Waals surface area contributed by atoms with Gasteiger partial charge >= 0.3 is 5.97 Å². The molecule has 0 atom stereocenters. The SMILES string of the molecule is CCc1cn(-c2cccc(C)c2)nc(C(=O)O)c1=O. The Labute approximate surface area is 110 Å². The molecular weight excluding hydrogens is 244 g/mol. The van der Waals surface area contributed by atoms with Crippen molar-refractivity contribution in [2.75, 3.05) is 0 Å². The maximum absolute atomic E-state index is 11.8. The van der Waals surface area contributed by atoms with Gasteiger partial charge in [0, 0.05) is 11.8 Å². The predicted octanol–water partition coefficient (Wildman–Crippen LogP) is 1.80. The number of hydrogen-bond donors (Lipinski definition) is 1. The molecule has 0 amide bonds. The minimum atomic E-state index is -1.30. The number of hydrogen-bond acceptors (Lipinski definition) is 3. The number of rotatable bonds is 3. The Morgan fingerprint density at radius 1 is 1.42 bits per heavy atom. The molecule has 19 heavy (non-hydrogen) atoms. The molecule has 0 saturated heterocycles. The zero-order valence-corrected chi connectivity index (χ0v) is 10.8. The molecule has 5 nitrogen and oxygen atoms in total. The van der Waals surface area contributed by atoms with E-state index in [0.29, 0.717) is 12.0 Å². The highest BCUT2D eigenvalue weighted by Crippen LogP contribution is 2.09. The number of aryl methyl sites for hydroxylation is 2. The molecule has 0 spiro atoms. The molecule has 2 rings (SSSR count). The Balaban J connectivity index is 2.68. The maximum Gasteiger partial charge on any atom is 0.360 e. The van der Waals surface area contributed by atoms with Gasteiger partial charge in [-0.3, -0.25) is 4.79 Å². The van der Waals surface area contributed by atoms with Crippen molar-refractivity contribution in [2.45, 2.75) is 20.3 Å². The smallest absolute Gasteiger partial charge is 0.360 e. The van der Waals surface area contributed by atoms with Crippen molar-refractivity contribution < 1.29 is 9.90 Å². The third-order valence-corrected chi connectivity index (χ3v) is 2.84. The topological polar surface area (TPSA) is 72.2 Å². The van der Waals surface area contributed by atoms with Gasteiger partial charge in [-0.05, 0) is 31.0 Å². The second-order valence-electron chi connectivity index (χ2n) is 4.27. The van der Waals surface area contributed by atoms with E-state index in [1.54, 1.807) is 6.20 Å². The van der Waals surface area contributed by atoms with Gasteiger partial charge in [0.2, 0.25) is 11.1 Å². The van der Waals surface area contributed by atoms with E-state index in [1.165, 1.54) is 4.68 Å². The van der Waals surface area contributed by atoms with E-state index in [-0.39, 0.29) is 0 Å². The van der Waals surface area contributed by atoms with Crippen molar-refractivity contribution in [1.29, 1.82) is 0 Å². The van der Waals surface area contributed by atoms with E-state index in [9.17, 15) is 9.59 Å². The molecule has 5 heteroatoms. The van der Waals surface area contributed by atoms with Crippen molar-refractivity contribution >= 4 is 5.97 Å². The molecule has 0 saturated carbocycles. The molecule has 0 aliphatic heterocycles. The Kier molecular flexibility index (Phi) is 3.46. The fraction of sp³-hybridized carbons (Fsp3) is 0.214. The Morgan fingerprint density at radius 3 is 2.74 bits per heavy atom. The summed E-state index contributed by atoms with van der Waals surface area (Å²) in [4.78, 5) is 22.9. The largest absolute Gasteiger partial charge is 0.476 e. The number of carboxylic acids is 1. The Morgan fingerprint density at radius 2 is 2.16 bits per heavy atom. The molecule has 0 aliphatic rings. The molecule has 2 aromatic rings. The van der Waals surface area contributed by atoms with E-state index in [1.807, 2.05) is 38.1 Å². The highest BCUT2D eigenvalue weighted by atomic mass is 16.4. The summed E-state index contributed by atoms with van der Waals surface area (Å²) in [7, 11) is 0. The van der Waals surface area contributed by atoms with E-state index >= 15 is 0 Å². The summed E-state index contributed by atoms with van der Waals surface area (Å²) >= 11 is 0. The van der Waals surface area contributed by atoms with Crippen molar-refractivity contribution in [3.8, 4) is 5.69 Å². The van der Waals surface area contributed by atoms with Crippen LogP contribution in [0.4, 0.5) is 0 Å². The van der Waals surface area contributed by atoms with Gasteiger partial charge in [-0.2, -0.15) is 5.10 Å². The average Bonchev–Trinajstić information content (AvgIpc) is 2.38.